The van der Waals surface area contributed by atoms with Crippen molar-refractivity contribution in [1.29, 1.82) is 5.26 Å². The Balaban J connectivity index is 1.64. The van der Waals surface area contributed by atoms with E-state index in [1.165, 1.54) is 5.56 Å². The van der Waals surface area contributed by atoms with Crippen LogP contribution in [0.15, 0.2) is 48.8 Å². The Morgan fingerprint density at radius 1 is 1.08 bits per heavy atom. The number of aromatic nitrogens is 1. The summed E-state index contributed by atoms with van der Waals surface area (Å²) in [5, 5.41) is 9.68. The Morgan fingerprint density at radius 2 is 1.73 bits per heavy atom. The molecule has 5 heteroatoms. The lowest BCUT2D eigenvalue weighted by atomic mass is 9.98. The minimum absolute atomic E-state index is 0.00699. The van der Waals surface area contributed by atoms with E-state index in [4.69, 9.17) is 0 Å². The molecule has 2 aromatic rings. The molecule has 0 spiro atoms. The highest BCUT2D eigenvalue weighted by Gasteiger charge is 2.27. The molecule has 1 atom stereocenters. The molecular formula is C21H24N4O. The first-order valence-corrected chi connectivity index (χ1v) is 9.03. The number of piperazine rings is 1. The summed E-state index contributed by atoms with van der Waals surface area (Å²) in [7, 11) is 0. The van der Waals surface area contributed by atoms with Crippen molar-refractivity contribution in [1.82, 2.24) is 14.8 Å². The summed E-state index contributed by atoms with van der Waals surface area (Å²) in [5.74, 6) is 0.485. The largest absolute Gasteiger partial charge is 0.336 e. The third-order valence-corrected chi connectivity index (χ3v) is 4.92. The van der Waals surface area contributed by atoms with E-state index >= 15 is 0 Å². The molecule has 1 aromatic heterocycles. The summed E-state index contributed by atoms with van der Waals surface area (Å²) in [6.45, 7) is 6.95. The molecule has 0 radical (unpaired) electrons. The van der Waals surface area contributed by atoms with Crippen LogP contribution in [0.3, 0.4) is 0 Å². The first kappa shape index (κ1) is 18.1. The lowest BCUT2D eigenvalue weighted by molar-refractivity contribution is 0.0606. The van der Waals surface area contributed by atoms with Gasteiger partial charge in [-0.2, -0.15) is 5.26 Å². The zero-order valence-corrected chi connectivity index (χ0v) is 15.3. The Bertz CT molecular complexity index is 772. The third-order valence-electron chi connectivity index (χ3n) is 4.92. The Hall–Kier alpha value is -2.71. The van der Waals surface area contributed by atoms with E-state index in [1.54, 1.807) is 24.5 Å². The van der Waals surface area contributed by atoms with Crippen LogP contribution in [0.5, 0.6) is 0 Å². The lowest BCUT2D eigenvalue weighted by Crippen LogP contribution is -2.49. The molecule has 0 aliphatic carbocycles. The number of rotatable bonds is 4. The molecule has 1 aliphatic heterocycles. The number of hydrogen-bond donors (Lipinski definition) is 0. The van der Waals surface area contributed by atoms with Crippen LogP contribution in [0.25, 0.3) is 0 Å². The number of amides is 1. The van der Waals surface area contributed by atoms with Crippen LogP contribution < -0.4 is 0 Å². The van der Waals surface area contributed by atoms with E-state index in [0.29, 0.717) is 37.7 Å². The number of benzene rings is 1. The summed E-state index contributed by atoms with van der Waals surface area (Å²) in [5.41, 5.74) is 2.91. The number of nitriles is 1. The predicted octanol–water partition coefficient (Wildman–Crippen LogP) is 3.23. The van der Waals surface area contributed by atoms with E-state index in [-0.39, 0.29) is 11.9 Å². The molecule has 1 fully saturated rings. The van der Waals surface area contributed by atoms with Crippen molar-refractivity contribution in [3.63, 3.8) is 0 Å². The topological polar surface area (TPSA) is 60.2 Å². The van der Waals surface area contributed by atoms with Crippen molar-refractivity contribution in [3.05, 3.63) is 65.5 Å². The minimum atomic E-state index is -0.271. The number of hydrogen-bond acceptors (Lipinski definition) is 4. The molecule has 2 heterocycles. The molecule has 26 heavy (non-hydrogen) atoms. The van der Waals surface area contributed by atoms with Crippen molar-refractivity contribution in [2.75, 3.05) is 26.2 Å². The maximum absolute atomic E-state index is 12.5. The normalized spacial score (nSPS) is 16.3. The number of carbonyl (C=O) groups excluding carboxylic acids is 1. The van der Waals surface area contributed by atoms with Crippen molar-refractivity contribution in [2.24, 2.45) is 0 Å². The van der Waals surface area contributed by atoms with Crippen LogP contribution >= 0.6 is 0 Å². The first-order chi connectivity index (χ1) is 12.6. The molecule has 0 saturated carbocycles. The SMILES string of the molecule is CC(C)c1ccc(C(C#N)N2CCN(C(=O)c3cccnc3)CC2)cc1. The average Bonchev–Trinajstić information content (AvgIpc) is 2.69. The van der Waals surface area contributed by atoms with Crippen molar-refractivity contribution >= 4 is 5.91 Å². The van der Waals surface area contributed by atoms with Gasteiger partial charge in [0.25, 0.3) is 5.91 Å². The van der Waals surface area contributed by atoms with Crippen LogP contribution in [-0.4, -0.2) is 46.9 Å². The van der Waals surface area contributed by atoms with Crippen molar-refractivity contribution in [3.8, 4) is 6.07 Å². The number of carbonyl (C=O) groups is 1. The number of nitrogens with zero attached hydrogens (tertiary/aromatic N) is 4. The van der Waals surface area contributed by atoms with Crippen molar-refractivity contribution < 1.29 is 4.79 Å². The summed E-state index contributed by atoms with van der Waals surface area (Å²) in [6, 6.07) is 14.0. The standard InChI is InChI=1S/C21H24N4O/c1-16(2)17-5-7-18(8-6-17)20(14-22)24-10-12-25(13-11-24)21(26)19-4-3-9-23-15-19/h3-9,15-16,20H,10-13H2,1-2H3. The quantitative estimate of drug-likeness (QED) is 0.851. The second-order valence-electron chi connectivity index (χ2n) is 6.92. The molecule has 5 nitrogen and oxygen atoms in total. The Morgan fingerprint density at radius 3 is 2.27 bits per heavy atom. The highest BCUT2D eigenvalue weighted by molar-refractivity contribution is 5.93. The van der Waals surface area contributed by atoms with E-state index in [2.05, 4.69) is 54.1 Å². The minimum Gasteiger partial charge on any atom is -0.336 e. The Labute approximate surface area is 154 Å². The van der Waals surface area contributed by atoms with Gasteiger partial charge in [-0.15, -0.1) is 0 Å². The summed E-state index contributed by atoms with van der Waals surface area (Å²) < 4.78 is 0. The highest BCUT2D eigenvalue weighted by Crippen LogP contribution is 2.24. The predicted molar refractivity (Wildman–Crippen MR) is 101 cm³/mol. The van der Waals surface area contributed by atoms with Crippen LogP contribution in [0.4, 0.5) is 0 Å². The summed E-state index contributed by atoms with van der Waals surface area (Å²) in [6.07, 6.45) is 3.26. The maximum Gasteiger partial charge on any atom is 0.255 e. The van der Waals surface area contributed by atoms with Gasteiger partial charge in [-0.3, -0.25) is 14.7 Å². The van der Waals surface area contributed by atoms with Gasteiger partial charge in [0.05, 0.1) is 11.6 Å². The van der Waals surface area contributed by atoms with Crippen molar-refractivity contribution in [2.45, 2.75) is 25.8 Å². The van der Waals surface area contributed by atoms with Crippen LogP contribution in [0.1, 0.15) is 47.3 Å². The zero-order chi connectivity index (χ0) is 18.5. The molecule has 1 aliphatic rings. The van der Waals surface area contributed by atoms with Crippen LogP contribution in [0, 0.1) is 11.3 Å². The maximum atomic E-state index is 12.5. The van der Waals surface area contributed by atoms with E-state index in [9.17, 15) is 10.1 Å². The van der Waals surface area contributed by atoms with Gasteiger partial charge in [-0.25, -0.2) is 0 Å². The number of pyridine rings is 1. The molecule has 1 amide bonds. The van der Waals surface area contributed by atoms with Gasteiger partial charge < -0.3 is 4.90 Å². The second kappa shape index (κ2) is 8.11. The second-order valence-corrected chi connectivity index (χ2v) is 6.92. The highest BCUT2D eigenvalue weighted by atomic mass is 16.2. The van der Waals surface area contributed by atoms with Gasteiger partial charge in [0.15, 0.2) is 0 Å². The van der Waals surface area contributed by atoms with Gasteiger partial charge in [0, 0.05) is 38.6 Å². The zero-order valence-electron chi connectivity index (χ0n) is 15.3. The Kier molecular flexibility index (Phi) is 5.65. The van der Waals surface area contributed by atoms with Crippen LogP contribution in [0.2, 0.25) is 0 Å². The van der Waals surface area contributed by atoms with Gasteiger partial charge in [0.2, 0.25) is 0 Å². The molecular weight excluding hydrogens is 324 g/mol. The van der Waals surface area contributed by atoms with E-state index in [1.807, 2.05) is 4.90 Å². The third kappa shape index (κ3) is 3.92. The van der Waals surface area contributed by atoms with Crippen LogP contribution in [-0.2, 0) is 0 Å². The first-order valence-electron chi connectivity index (χ1n) is 9.03. The molecule has 1 saturated heterocycles. The molecule has 1 aromatic carbocycles. The summed E-state index contributed by atoms with van der Waals surface area (Å²) in [4.78, 5) is 20.5. The van der Waals surface area contributed by atoms with Gasteiger partial charge in [-0.1, -0.05) is 38.1 Å². The van der Waals surface area contributed by atoms with Gasteiger partial charge in [0.1, 0.15) is 6.04 Å². The van der Waals surface area contributed by atoms with Gasteiger partial charge >= 0.3 is 0 Å². The lowest BCUT2D eigenvalue weighted by Gasteiger charge is -2.37. The average molecular weight is 348 g/mol. The monoisotopic (exact) mass is 348 g/mol. The van der Waals surface area contributed by atoms with Gasteiger partial charge in [-0.05, 0) is 29.2 Å². The molecule has 134 valence electrons. The molecule has 3 rings (SSSR count). The fourth-order valence-corrected chi connectivity index (χ4v) is 3.29. The van der Waals surface area contributed by atoms with E-state index in [0.717, 1.165) is 5.56 Å². The summed E-state index contributed by atoms with van der Waals surface area (Å²) >= 11 is 0. The van der Waals surface area contributed by atoms with E-state index < -0.39 is 0 Å². The smallest absolute Gasteiger partial charge is 0.255 e. The fourth-order valence-electron chi connectivity index (χ4n) is 3.29. The molecule has 0 bridgehead atoms. The molecule has 1 unspecified atom stereocenters. The fraction of sp³-hybridized carbons (Fsp3) is 0.381. The molecule has 0 N–H and O–H groups in total.